The zero-order valence-electron chi connectivity index (χ0n) is 17.6. The minimum absolute atomic E-state index is 0.0890. The number of hydrogen-bond acceptors (Lipinski definition) is 5. The minimum Gasteiger partial charge on any atom is -0.497 e. The Morgan fingerprint density at radius 1 is 1.10 bits per heavy atom. The molecule has 2 aromatic rings. The number of carbonyl (C=O) groups excluding carboxylic acids is 1. The lowest BCUT2D eigenvalue weighted by molar-refractivity contribution is 0.0720. The van der Waals surface area contributed by atoms with Crippen molar-refractivity contribution in [1.29, 1.82) is 0 Å². The number of ether oxygens (including phenoxy) is 1. The Morgan fingerprint density at radius 2 is 1.77 bits per heavy atom. The highest BCUT2D eigenvalue weighted by molar-refractivity contribution is 7.98. The molecule has 0 saturated carbocycles. The molecule has 1 aliphatic heterocycles. The zero-order valence-corrected chi connectivity index (χ0v) is 19.3. The van der Waals surface area contributed by atoms with Crippen molar-refractivity contribution < 1.29 is 17.9 Å². The molecule has 1 aliphatic rings. The summed E-state index contributed by atoms with van der Waals surface area (Å²) in [4.78, 5) is 15.8. The Morgan fingerprint density at radius 3 is 2.37 bits per heavy atom. The number of likely N-dealkylation sites (tertiary alicyclic amines) is 1. The molecular formula is C22H28N2O4S2. The van der Waals surface area contributed by atoms with Gasteiger partial charge in [-0.2, -0.15) is 4.31 Å². The van der Waals surface area contributed by atoms with E-state index in [1.807, 2.05) is 23.3 Å². The monoisotopic (exact) mass is 448 g/mol. The molecule has 3 rings (SSSR count). The van der Waals surface area contributed by atoms with Gasteiger partial charge in [0.2, 0.25) is 10.0 Å². The molecule has 0 atom stereocenters. The molecule has 0 radical (unpaired) electrons. The summed E-state index contributed by atoms with van der Waals surface area (Å²) in [5, 5.41) is 0. The first kappa shape index (κ1) is 22.7. The maximum Gasteiger partial charge on any atom is 0.255 e. The number of sulfonamides is 1. The summed E-state index contributed by atoms with van der Waals surface area (Å²) in [6.07, 6.45) is 5.00. The van der Waals surface area contributed by atoms with Gasteiger partial charge in [0.25, 0.3) is 5.91 Å². The van der Waals surface area contributed by atoms with Gasteiger partial charge >= 0.3 is 0 Å². The molecule has 6 nitrogen and oxygen atoms in total. The normalized spacial score (nSPS) is 14.7. The maximum atomic E-state index is 13.2. The first-order chi connectivity index (χ1) is 14.4. The van der Waals surface area contributed by atoms with Crippen LogP contribution < -0.4 is 4.74 Å². The van der Waals surface area contributed by atoms with E-state index in [0.29, 0.717) is 5.56 Å². The lowest BCUT2D eigenvalue weighted by Crippen LogP contribution is -2.36. The number of carbonyl (C=O) groups is 1. The molecule has 0 unspecified atom stereocenters. The van der Waals surface area contributed by atoms with Crippen LogP contribution in [-0.4, -0.2) is 57.0 Å². The average molecular weight is 449 g/mol. The number of amides is 1. The molecule has 1 saturated heterocycles. The second-order valence-electron chi connectivity index (χ2n) is 7.32. The first-order valence-corrected chi connectivity index (χ1v) is 12.6. The molecule has 0 spiro atoms. The van der Waals surface area contributed by atoms with Crippen LogP contribution in [0.25, 0.3) is 0 Å². The van der Waals surface area contributed by atoms with Crippen LogP contribution in [0.1, 0.15) is 35.2 Å². The van der Waals surface area contributed by atoms with Gasteiger partial charge in [0.1, 0.15) is 5.75 Å². The minimum atomic E-state index is -3.74. The third kappa shape index (κ3) is 4.99. The van der Waals surface area contributed by atoms with E-state index in [1.54, 1.807) is 38.4 Å². The second-order valence-corrected chi connectivity index (χ2v) is 10.2. The molecule has 8 heteroatoms. The van der Waals surface area contributed by atoms with Crippen LogP contribution in [-0.2, 0) is 16.6 Å². The SMILES string of the molecule is COc1ccc(CN(C)S(=O)(=O)c2ccc(SC)c(C(=O)N3CCCCC3)c2)cc1. The number of methoxy groups -OCH3 is 1. The number of rotatable bonds is 7. The summed E-state index contributed by atoms with van der Waals surface area (Å²) >= 11 is 1.45. The van der Waals surface area contributed by atoms with Crippen molar-refractivity contribution in [3.63, 3.8) is 0 Å². The Hall–Kier alpha value is -2.03. The number of piperidine rings is 1. The van der Waals surface area contributed by atoms with E-state index in [1.165, 1.54) is 22.1 Å². The Labute approximate surface area is 183 Å². The molecule has 162 valence electrons. The lowest BCUT2D eigenvalue weighted by Gasteiger charge is -2.27. The summed E-state index contributed by atoms with van der Waals surface area (Å²) < 4.78 is 32.8. The molecule has 1 fully saturated rings. The summed E-state index contributed by atoms with van der Waals surface area (Å²) in [6, 6.07) is 12.1. The van der Waals surface area contributed by atoms with E-state index in [0.717, 1.165) is 48.6 Å². The smallest absolute Gasteiger partial charge is 0.255 e. The van der Waals surface area contributed by atoms with Gasteiger partial charge in [-0.1, -0.05) is 12.1 Å². The molecule has 1 heterocycles. The lowest BCUT2D eigenvalue weighted by atomic mass is 10.1. The molecule has 0 aromatic heterocycles. The van der Waals surface area contributed by atoms with Crippen molar-refractivity contribution in [3.05, 3.63) is 53.6 Å². The maximum absolute atomic E-state index is 13.2. The predicted octanol–water partition coefficient (Wildman–Crippen LogP) is 3.86. The highest BCUT2D eigenvalue weighted by Gasteiger charge is 2.26. The fraction of sp³-hybridized carbons (Fsp3) is 0.409. The van der Waals surface area contributed by atoms with Crippen LogP contribution >= 0.6 is 11.8 Å². The standard InChI is InChI=1S/C22H28N2O4S2/c1-23(16-17-7-9-18(28-2)10-8-17)30(26,27)19-11-12-21(29-3)20(15-19)22(25)24-13-5-4-6-14-24/h7-12,15H,4-6,13-14,16H2,1-3H3. The third-order valence-electron chi connectivity index (χ3n) is 5.32. The zero-order chi connectivity index (χ0) is 21.7. The van der Waals surface area contributed by atoms with Gasteiger partial charge in [-0.25, -0.2) is 8.42 Å². The number of hydrogen-bond donors (Lipinski definition) is 0. The Balaban J connectivity index is 1.86. The van der Waals surface area contributed by atoms with Gasteiger partial charge < -0.3 is 9.64 Å². The van der Waals surface area contributed by atoms with Gasteiger partial charge in [-0.05, 0) is 61.4 Å². The third-order valence-corrected chi connectivity index (χ3v) is 7.91. The highest BCUT2D eigenvalue weighted by atomic mass is 32.2. The molecular weight excluding hydrogens is 420 g/mol. The molecule has 0 aliphatic carbocycles. The van der Waals surface area contributed by atoms with E-state index in [9.17, 15) is 13.2 Å². The predicted molar refractivity (Wildman–Crippen MR) is 120 cm³/mol. The average Bonchev–Trinajstić information content (AvgIpc) is 2.79. The Kier molecular flexibility index (Phi) is 7.44. The van der Waals surface area contributed by atoms with Gasteiger partial charge in [0.05, 0.1) is 17.6 Å². The van der Waals surface area contributed by atoms with Crippen LogP contribution in [0.4, 0.5) is 0 Å². The van der Waals surface area contributed by atoms with Crippen molar-refractivity contribution in [2.75, 3.05) is 33.5 Å². The van der Waals surface area contributed by atoms with Crippen molar-refractivity contribution >= 4 is 27.7 Å². The van der Waals surface area contributed by atoms with Crippen LogP contribution in [0.15, 0.2) is 52.3 Å². The van der Waals surface area contributed by atoms with Gasteiger partial charge in [-0.15, -0.1) is 11.8 Å². The summed E-state index contributed by atoms with van der Waals surface area (Å²) in [5.41, 5.74) is 1.32. The van der Waals surface area contributed by atoms with Crippen molar-refractivity contribution in [3.8, 4) is 5.75 Å². The van der Waals surface area contributed by atoms with Gasteiger partial charge in [-0.3, -0.25) is 4.79 Å². The number of thioether (sulfide) groups is 1. The van der Waals surface area contributed by atoms with E-state index < -0.39 is 10.0 Å². The topological polar surface area (TPSA) is 66.9 Å². The molecule has 0 bridgehead atoms. The van der Waals surface area contributed by atoms with Crippen molar-refractivity contribution in [2.24, 2.45) is 0 Å². The van der Waals surface area contributed by atoms with E-state index in [4.69, 9.17) is 4.74 Å². The molecule has 2 aromatic carbocycles. The summed E-state index contributed by atoms with van der Waals surface area (Å²) in [5.74, 6) is 0.631. The highest BCUT2D eigenvalue weighted by Crippen LogP contribution is 2.28. The summed E-state index contributed by atoms with van der Waals surface area (Å²) in [6.45, 7) is 1.67. The van der Waals surface area contributed by atoms with E-state index in [-0.39, 0.29) is 17.3 Å². The second kappa shape index (κ2) is 9.85. The quantitative estimate of drug-likeness (QED) is 0.602. The number of benzene rings is 2. The van der Waals surface area contributed by atoms with E-state index >= 15 is 0 Å². The van der Waals surface area contributed by atoms with Crippen LogP contribution in [0, 0.1) is 0 Å². The fourth-order valence-corrected chi connectivity index (χ4v) is 5.29. The summed E-state index contributed by atoms with van der Waals surface area (Å²) in [7, 11) is -0.603. The first-order valence-electron chi connectivity index (χ1n) is 9.93. The molecule has 1 amide bonds. The van der Waals surface area contributed by atoms with Crippen LogP contribution in [0.3, 0.4) is 0 Å². The van der Waals surface area contributed by atoms with Crippen LogP contribution in [0.2, 0.25) is 0 Å². The van der Waals surface area contributed by atoms with Crippen LogP contribution in [0.5, 0.6) is 5.75 Å². The molecule has 0 N–H and O–H groups in total. The fourth-order valence-electron chi connectivity index (χ4n) is 3.54. The van der Waals surface area contributed by atoms with Gasteiger partial charge in [0.15, 0.2) is 0 Å². The van der Waals surface area contributed by atoms with Crippen molar-refractivity contribution in [2.45, 2.75) is 35.6 Å². The van der Waals surface area contributed by atoms with Gasteiger partial charge in [0, 0.05) is 31.6 Å². The van der Waals surface area contributed by atoms with E-state index in [2.05, 4.69) is 0 Å². The number of nitrogens with zero attached hydrogens (tertiary/aromatic N) is 2. The molecule has 30 heavy (non-hydrogen) atoms. The van der Waals surface area contributed by atoms with Crippen molar-refractivity contribution in [1.82, 2.24) is 9.21 Å². The Bertz CT molecular complexity index is 985. The largest absolute Gasteiger partial charge is 0.497 e.